The molecular weight excluding hydrogens is 386 g/mol. The van der Waals surface area contributed by atoms with Crippen LogP contribution in [0.1, 0.15) is 31.0 Å². The molecule has 0 spiro atoms. The number of ketones is 1. The van der Waals surface area contributed by atoms with Crippen molar-refractivity contribution in [3.63, 3.8) is 0 Å². The Balaban J connectivity index is 1.77. The van der Waals surface area contributed by atoms with Crippen LogP contribution in [0.4, 0.5) is 0 Å². The van der Waals surface area contributed by atoms with E-state index in [4.69, 9.17) is 14.2 Å². The van der Waals surface area contributed by atoms with Gasteiger partial charge in [-0.05, 0) is 37.6 Å². The fourth-order valence-electron chi connectivity index (χ4n) is 3.68. The second-order valence-corrected chi connectivity index (χ2v) is 7.39. The summed E-state index contributed by atoms with van der Waals surface area (Å²) < 4.78 is 16.3. The van der Waals surface area contributed by atoms with E-state index in [9.17, 15) is 14.7 Å². The average molecular weight is 409 g/mol. The number of fused-ring (bicyclic) bond motifs is 1. The minimum atomic E-state index is -0.719. The van der Waals surface area contributed by atoms with E-state index in [1.807, 2.05) is 44.2 Å². The minimum Gasteiger partial charge on any atom is -0.507 e. The van der Waals surface area contributed by atoms with Gasteiger partial charge in [0.25, 0.3) is 11.7 Å². The average Bonchev–Trinajstić information content (AvgIpc) is 3.31. The second-order valence-electron chi connectivity index (χ2n) is 7.39. The molecule has 2 aliphatic rings. The highest BCUT2D eigenvalue weighted by Gasteiger charge is 2.45. The third kappa shape index (κ3) is 3.64. The van der Waals surface area contributed by atoms with Crippen molar-refractivity contribution >= 4 is 17.4 Å². The van der Waals surface area contributed by atoms with Crippen LogP contribution >= 0.6 is 0 Å². The molecule has 2 aliphatic heterocycles. The molecule has 2 heterocycles. The lowest BCUT2D eigenvalue weighted by Gasteiger charge is -2.25. The zero-order chi connectivity index (χ0) is 21.3. The molecule has 1 N–H and O–H groups in total. The van der Waals surface area contributed by atoms with Crippen LogP contribution < -0.4 is 9.47 Å². The first kappa shape index (κ1) is 20.0. The fraction of sp³-hybridized carbons (Fsp3) is 0.304. The normalized spacial score (nSPS) is 19.7. The first-order chi connectivity index (χ1) is 14.5. The molecule has 1 unspecified atom stereocenters. The molecule has 0 saturated carbocycles. The van der Waals surface area contributed by atoms with Crippen LogP contribution in [0.3, 0.4) is 0 Å². The summed E-state index contributed by atoms with van der Waals surface area (Å²) in [5.41, 5.74) is 1.18. The summed E-state index contributed by atoms with van der Waals surface area (Å²) in [5.74, 6) is -0.567. The minimum absolute atomic E-state index is 0.00521. The number of Topliss-reactive ketones (excluding diaryl/α,β-unsaturated/α-hetero) is 1. The Morgan fingerprint density at radius 2 is 1.87 bits per heavy atom. The van der Waals surface area contributed by atoms with Gasteiger partial charge in [-0.25, -0.2) is 0 Å². The van der Waals surface area contributed by atoms with Gasteiger partial charge in [-0.2, -0.15) is 0 Å². The summed E-state index contributed by atoms with van der Waals surface area (Å²) in [6.45, 7) is 4.44. The number of carbonyl (C=O) groups is 2. The lowest BCUT2D eigenvalue weighted by atomic mass is 9.95. The number of likely N-dealkylation sites (tertiary alicyclic amines) is 1. The van der Waals surface area contributed by atoms with Gasteiger partial charge in [0.2, 0.25) is 6.79 Å². The monoisotopic (exact) mass is 409 g/mol. The van der Waals surface area contributed by atoms with Crippen LogP contribution in [0.5, 0.6) is 11.5 Å². The number of aliphatic hydroxyl groups excluding tert-OH is 1. The summed E-state index contributed by atoms with van der Waals surface area (Å²) in [6, 6.07) is 13.4. The van der Waals surface area contributed by atoms with E-state index in [0.717, 1.165) is 5.56 Å². The van der Waals surface area contributed by atoms with Gasteiger partial charge in [0.15, 0.2) is 11.5 Å². The molecule has 1 amide bonds. The number of hydrogen-bond donors (Lipinski definition) is 1. The molecule has 1 saturated heterocycles. The third-order valence-corrected chi connectivity index (χ3v) is 5.08. The number of aliphatic hydroxyl groups is 1. The largest absolute Gasteiger partial charge is 0.507 e. The van der Waals surface area contributed by atoms with Crippen molar-refractivity contribution in [1.29, 1.82) is 0 Å². The van der Waals surface area contributed by atoms with Crippen LogP contribution in [0.2, 0.25) is 0 Å². The van der Waals surface area contributed by atoms with Gasteiger partial charge < -0.3 is 24.2 Å². The summed E-state index contributed by atoms with van der Waals surface area (Å²) in [4.78, 5) is 27.2. The number of ether oxygens (including phenoxy) is 3. The molecule has 2 aromatic rings. The number of nitrogens with zero attached hydrogens (tertiary/aromatic N) is 1. The maximum absolute atomic E-state index is 12.9. The standard InChI is InChI=1S/C23H23NO6/c1-14(2)28-11-10-24-20(15-6-4-3-5-7-15)19(22(26)23(24)27)21(25)16-8-9-17-18(12-16)30-13-29-17/h3-9,12,14,20,25H,10-11,13H2,1-2H3/b21-19-. The molecule has 2 aromatic carbocycles. The molecule has 4 rings (SSSR count). The van der Waals surface area contributed by atoms with Crippen molar-refractivity contribution in [3.8, 4) is 11.5 Å². The molecule has 0 aromatic heterocycles. The summed E-state index contributed by atoms with van der Waals surface area (Å²) in [7, 11) is 0. The van der Waals surface area contributed by atoms with Crippen molar-refractivity contribution in [2.45, 2.75) is 26.0 Å². The second kappa shape index (κ2) is 8.20. The molecule has 7 heteroatoms. The van der Waals surface area contributed by atoms with Crippen LogP contribution in [0.15, 0.2) is 54.1 Å². The van der Waals surface area contributed by atoms with Crippen LogP contribution in [0, 0.1) is 0 Å². The topological polar surface area (TPSA) is 85.3 Å². The van der Waals surface area contributed by atoms with Crippen molar-refractivity contribution in [2.75, 3.05) is 19.9 Å². The highest BCUT2D eigenvalue weighted by molar-refractivity contribution is 6.46. The quantitative estimate of drug-likeness (QED) is 0.448. The van der Waals surface area contributed by atoms with Crippen LogP contribution in [-0.4, -0.2) is 47.7 Å². The van der Waals surface area contributed by atoms with Gasteiger partial charge in [0, 0.05) is 12.1 Å². The van der Waals surface area contributed by atoms with Gasteiger partial charge in [0.1, 0.15) is 5.76 Å². The van der Waals surface area contributed by atoms with Crippen molar-refractivity contribution in [2.24, 2.45) is 0 Å². The maximum Gasteiger partial charge on any atom is 0.295 e. The number of benzene rings is 2. The van der Waals surface area contributed by atoms with E-state index in [0.29, 0.717) is 17.1 Å². The first-order valence-corrected chi connectivity index (χ1v) is 9.82. The Labute approximate surface area is 174 Å². The zero-order valence-electron chi connectivity index (χ0n) is 16.8. The SMILES string of the molecule is CC(C)OCCN1C(=O)C(=O)/C(=C(\O)c2ccc3c(c2)OCO3)C1c1ccccc1. The van der Waals surface area contributed by atoms with Crippen LogP contribution in [-0.2, 0) is 14.3 Å². The number of carbonyl (C=O) groups excluding carboxylic acids is 2. The summed E-state index contributed by atoms with van der Waals surface area (Å²) in [6.07, 6.45) is 0.00521. The van der Waals surface area contributed by atoms with Gasteiger partial charge in [-0.3, -0.25) is 9.59 Å². The van der Waals surface area contributed by atoms with Gasteiger partial charge in [-0.1, -0.05) is 30.3 Å². The smallest absolute Gasteiger partial charge is 0.295 e. The molecule has 0 aliphatic carbocycles. The van der Waals surface area contributed by atoms with Crippen molar-refractivity contribution in [3.05, 3.63) is 65.2 Å². The number of rotatable bonds is 6. The Hall–Kier alpha value is -3.32. The zero-order valence-corrected chi connectivity index (χ0v) is 16.8. The number of amides is 1. The summed E-state index contributed by atoms with van der Waals surface area (Å²) >= 11 is 0. The van der Waals surface area contributed by atoms with Gasteiger partial charge in [0.05, 0.1) is 24.3 Å². The lowest BCUT2D eigenvalue weighted by Crippen LogP contribution is -2.33. The Bertz CT molecular complexity index is 998. The third-order valence-electron chi connectivity index (χ3n) is 5.08. The van der Waals surface area contributed by atoms with E-state index < -0.39 is 17.7 Å². The molecule has 156 valence electrons. The molecule has 1 atom stereocenters. The molecule has 0 bridgehead atoms. The highest BCUT2D eigenvalue weighted by atomic mass is 16.7. The Kier molecular flexibility index (Phi) is 5.46. The fourth-order valence-corrected chi connectivity index (χ4v) is 3.68. The Morgan fingerprint density at radius 1 is 1.13 bits per heavy atom. The first-order valence-electron chi connectivity index (χ1n) is 9.82. The summed E-state index contributed by atoms with van der Waals surface area (Å²) in [5, 5.41) is 11.1. The molecular formula is C23H23NO6. The highest BCUT2D eigenvalue weighted by Crippen LogP contribution is 2.41. The lowest BCUT2D eigenvalue weighted by molar-refractivity contribution is -0.140. The molecule has 0 radical (unpaired) electrons. The molecule has 1 fully saturated rings. The van der Waals surface area contributed by atoms with Gasteiger partial charge in [-0.15, -0.1) is 0 Å². The Morgan fingerprint density at radius 3 is 2.60 bits per heavy atom. The molecule has 7 nitrogen and oxygen atoms in total. The van der Waals surface area contributed by atoms with Crippen molar-refractivity contribution in [1.82, 2.24) is 4.90 Å². The van der Waals surface area contributed by atoms with Gasteiger partial charge >= 0.3 is 0 Å². The predicted octanol–water partition coefficient (Wildman–Crippen LogP) is 3.26. The van der Waals surface area contributed by atoms with E-state index in [1.54, 1.807) is 18.2 Å². The van der Waals surface area contributed by atoms with E-state index in [-0.39, 0.29) is 37.4 Å². The van der Waals surface area contributed by atoms with E-state index >= 15 is 0 Å². The van der Waals surface area contributed by atoms with Crippen LogP contribution in [0.25, 0.3) is 5.76 Å². The predicted molar refractivity (Wildman–Crippen MR) is 109 cm³/mol. The van der Waals surface area contributed by atoms with Crippen molar-refractivity contribution < 1.29 is 28.9 Å². The number of hydrogen-bond acceptors (Lipinski definition) is 6. The van der Waals surface area contributed by atoms with E-state index in [1.165, 1.54) is 4.90 Å². The van der Waals surface area contributed by atoms with E-state index in [2.05, 4.69) is 0 Å². The maximum atomic E-state index is 12.9. The molecule has 30 heavy (non-hydrogen) atoms.